The van der Waals surface area contributed by atoms with E-state index in [9.17, 15) is 0 Å². The second-order valence-corrected chi connectivity index (χ2v) is 7.20. The van der Waals surface area contributed by atoms with Gasteiger partial charge < -0.3 is 4.57 Å². The lowest BCUT2D eigenvalue weighted by molar-refractivity contribution is 0.743. The van der Waals surface area contributed by atoms with Crippen LogP contribution in [0.5, 0.6) is 0 Å². The minimum atomic E-state index is -0.155. The van der Waals surface area contributed by atoms with Crippen molar-refractivity contribution in [2.24, 2.45) is 0 Å². The van der Waals surface area contributed by atoms with Gasteiger partial charge in [0.2, 0.25) is 0 Å². The van der Waals surface area contributed by atoms with Crippen LogP contribution in [0.15, 0.2) is 42.5 Å². The minimum Gasteiger partial charge on any atom is -0.322 e. The van der Waals surface area contributed by atoms with Gasteiger partial charge in [-0.15, -0.1) is 11.6 Å². The third kappa shape index (κ3) is 3.05. The number of imidazole rings is 1. The summed E-state index contributed by atoms with van der Waals surface area (Å²) in [6, 6.07) is 14.1. The summed E-state index contributed by atoms with van der Waals surface area (Å²) in [7, 11) is 0. The molecular formula is C16H13Cl2IN2. The zero-order valence-electron chi connectivity index (χ0n) is 11.4. The maximum absolute atomic E-state index is 6.31. The highest BCUT2D eigenvalue weighted by Crippen LogP contribution is 2.28. The van der Waals surface area contributed by atoms with Crippen molar-refractivity contribution in [3.05, 3.63) is 62.4 Å². The molecule has 0 aliphatic heterocycles. The molecule has 1 aromatic heterocycles. The van der Waals surface area contributed by atoms with Crippen molar-refractivity contribution < 1.29 is 0 Å². The number of aromatic nitrogens is 2. The van der Waals surface area contributed by atoms with Crippen molar-refractivity contribution in [3.8, 4) is 0 Å². The van der Waals surface area contributed by atoms with E-state index in [1.807, 2.05) is 31.2 Å². The Morgan fingerprint density at radius 2 is 2.00 bits per heavy atom. The number of hydrogen-bond donors (Lipinski definition) is 0. The highest BCUT2D eigenvalue weighted by atomic mass is 127. The Hall–Kier alpha value is -0.780. The predicted molar refractivity (Wildman–Crippen MR) is 97.3 cm³/mol. The number of benzene rings is 2. The zero-order chi connectivity index (χ0) is 15.0. The first-order chi connectivity index (χ1) is 10.1. The van der Waals surface area contributed by atoms with Gasteiger partial charge in [-0.2, -0.15) is 0 Å². The van der Waals surface area contributed by atoms with Crippen LogP contribution in [0.3, 0.4) is 0 Å². The fourth-order valence-corrected chi connectivity index (χ4v) is 3.23. The molecule has 0 amide bonds. The summed E-state index contributed by atoms with van der Waals surface area (Å²) in [5.74, 6) is 0.869. The van der Waals surface area contributed by atoms with Crippen molar-refractivity contribution in [2.75, 3.05) is 0 Å². The van der Waals surface area contributed by atoms with Crippen molar-refractivity contribution in [1.82, 2.24) is 9.55 Å². The molecule has 0 spiro atoms. The van der Waals surface area contributed by atoms with E-state index < -0.39 is 0 Å². The van der Waals surface area contributed by atoms with Gasteiger partial charge in [0.1, 0.15) is 5.82 Å². The average Bonchev–Trinajstić information content (AvgIpc) is 2.79. The van der Waals surface area contributed by atoms with Crippen LogP contribution in [0.4, 0.5) is 0 Å². The highest BCUT2D eigenvalue weighted by molar-refractivity contribution is 14.1. The molecule has 21 heavy (non-hydrogen) atoms. The van der Waals surface area contributed by atoms with Crippen LogP contribution >= 0.6 is 45.8 Å². The van der Waals surface area contributed by atoms with E-state index in [1.54, 1.807) is 0 Å². The fourth-order valence-electron chi connectivity index (χ4n) is 2.39. The van der Waals surface area contributed by atoms with E-state index in [1.165, 1.54) is 0 Å². The van der Waals surface area contributed by atoms with Crippen LogP contribution < -0.4 is 0 Å². The Morgan fingerprint density at radius 1 is 1.24 bits per heavy atom. The molecule has 0 aliphatic rings. The molecule has 108 valence electrons. The van der Waals surface area contributed by atoms with Crippen molar-refractivity contribution in [1.29, 1.82) is 0 Å². The molecule has 1 unspecified atom stereocenters. The van der Waals surface area contributed by atoms with Gasteiger partial charge in [0.05, 0.1) is 23.0 Å². The number of alkyl halides is 1. The molecule has 0 saturated carbocycles. The van der Waals surface area contributed by atoms with Crippen molar-refractivity contribution in [2.45, 2.75) is 18.8 Å². The maximum atomic E-state index is 6.31. The summed E-state index contributed by atoms with van der Waals surface area (Å²) in [5.41, 5.74) is 3.12. The maximum Gasteiger partial charge on any atom is 0.128 e. The molecule has 0 saturated heterocycles. The Morgan fingerprint density at radius 3 is 2.71 bits per heavy atom. The minimum absolute atomic E-state index is 0.155. The summed E-state index contributed by atoms with van der Waals surface area (Å²) in [4.78, 5) is 4.68. The van der Waals surface area contributed by atoms with Crippen LogP contribution in [0, 0.1) is 3.57 Å². The van der Waals surface area contributed by atoms with Crippen molar-refractivity contribution in [3.63, 3.8) is 0 Å². The molecule has 2 aromatic carbocycles. The van der Waals surface area contributed by atoms with Crippen LogP contribution in [-0.4, -0.2) is 9.55 Å². The first-order valence-electron chi connectivity index (χ1n) is 6.59. The molecule has 0 N–H and O–H groups in total. The van der Waals surface area contributed by atoms with E-state index in [4.69, 9.17) is 23.2 Å². The quantitative estimate of drug-likeness (QED) is 0.388. The standard InChI is InChI=1S/C16H13Cl2IN2/c1-10(17)16-20-14-8-12(19)6-7-15(14)21(16)9-11-4-2-3-5-13(11)18/h2-8,10H,9H2,1H3. The van der Waals surface area contributed by atoms with Crippen LogP contribution in [0.25, 0.3) is 11.0 Å². The summed E-state index contributed by atoms with van der Waals surface area (Å²) >= 11 is 14.9. The number of halogens is 3. The molecule has 0 bridgehead atoms. The summed E-state index contributed by atoms with van der Waals surface area (Å²) < 4.78 is 3.31. The fraction of sp³-hybridized carbons (Fsp3) is 0.188. The van der Waals surface area contributed by atoms with Gasteiger partial charge >= 0.3 is 0 Å². The van der Waals surface area contributed by atoms with Gasteiger partial charge in [-0.25, -0.2) is 4.98 Å². The second kappa shape index (κ2) is 6.15. The monoisotopic (exact) mass is 430 g/mol. The van der Waals surface area contributed by atoms with Gasteiger partial charge in [-0.05, 0) is 59.3 Å². The van der Waals surface area contributed by atoms with Crippen LogP contribution in [0.2, 0.25) is 5.02 Å². The molecule has 3 aromatic rings. The molecule has 5 heteroatoms. The normalized spacial score (nSPS) is 12.8. The molecule has 0 fully saturated rings. The van der Waals surface area contributed by atoms with E-state index in [-0.39, 0.29) is 5.38 Å². The molecule has 0 radical (unpaired) electrons. The van der Waals surface area contributed by atoms with E-state index in [0.717, 1.165) is 31.0 Å². The lowest BCUT2D eigenvalue weighted by Crippen LogP contribution is -2.06. The van der Waals surface area contributed by atoms with Gasteiger partial charge in [0, 0.05) is 8.59 Å². The first-order valence-corrected chi connectivity index (χ1v) is 8.48. The van der Waals surface area contributed by atoms with E-state index in [2.05, 4.69) is 50.3 Å². The molecule has 1 heterocycles. The number of rotatable bonds is 3. The summed E-state index contributed by atoms with van der Waals surface area (Å²) in [5, 5.41) is 0.607. The third-order valence-corrected chi connectivity index (χ3v) is 4.62. The molecule has 2 nitrogen and oxygen atoms in total. The number of nitrogens with zero attached hydrogens (tertiary/aromatic N) is 2. The Bertz CT molecular complexity index is 796. The van der Waals surface area contributed by atoms with Gasteiger partial charge in [0.25, 0.3) is 0 Å². The largest absolute Gasteiger partial charge is 0.322 e. The van der Waals surface area contributed by atoms with Gasteiger partial charge in [-0.3, -0.25) is 0 Å². The Balaban J connectivity index is 2.16. The van der Waals surface area contributed by atoms with Gasteiger partial charge in [-0.1, -0.05) is 29.8 Å². The Kier molecular flexibility index (Phi) is 4.43. The molecule has 1 atom stereocenters. The molecular weight excluding hydrogens is 418 g/mol. The highest BCUT2D eigenvalue weighted by Gasteiger charge is 2.16. The SMILES string of the molecule is CC(Cl)c1nc2cc(I)ccc2n1Cc1ccccc1Cl. The van der Waals surface area contributed by atoms with Crippen LogP contribution in [-0.2, 0) is 6.54 Å². The predicted octanol–water partition coefficient (Wildman–Crippen LogP) is 5.64. The number of fused-ring (bicyclic) bond motifs is 1. The van der Waals surface area contributed by atoms with E-state index in [0.29, 0.717) is 6.54 Å². The lowest BCUT2D eigenvalue weighted by Gasteiger charge is -2.11. The van der Waals surface area contributed by atoms with Gasteiger partial charge in [0.15, 0.2) is 0 Å². The van der Waals surface area contributed by atoms with Crippen molar-refractivity contribution >= 4 is 56.8 Å². The average molecular weight is 431 g/mol. The summed E-state index contributed by atoms with van der Waals surface area (Å²) in [6.07, 6.45) is 0. The number of hydrogen-bond acceptors (Lipinski definition) is 1. The third-order valence-electron chi connectivity index (χ3n) is 3.38. The molecule has 0 aliphatic carbocycles. The summed E-state index contributed by atoms with van der Waals surface area (Å²) in [6.45, 7) is 2.61. The smallest absolute Gasteiger partial charge is 0.128 e. The second-order valence-electron chi connectivity index (χ2n) is 4.90. The molecule has 3 rings (SSSR count). The Labute approximate surface area is 147 Å². The lowest BCUT2D eigenvalue weighted by atomic mass is 10.2. The topological polar surface area (TPSA) is 17.8 Å². The van der Waals surface area contributed by atoms with E-state index >= 15 is 0 Å². The first kappa shape index (κ1) is 15.1. The zero-order valence-corrected chi connectivity index (χ0v) is 15.0. The van der Waals surface area contributed by atoms with Crippen LogP contribution in [0.1, 0.15) is 23.7 Å².